The molecular weight excluding hydrogens is 242 g/mol. The monoisotopic (exact) mass is 246 g/mol. The molecule has 68 valence electrons. The van der Waals surface area contributed by atoms with Crippen LogP contribution < -0.4 is 0 Å². The molecule has 0 bridgehead atoms. The van der Waals surface area contributed by atoms with E-state index in [1.165, 1.54) is 12.3 Å². The van der Waals surface area contributed by atoms with Gasteiger partial charge in [0.25, 0.3) is 6.43 Å². The van der Waals surface area contributed by atoms with Gasteiger partial charge in [-0.3, -0.25) is 0 Å². The maximum absolute atomic E-state index is 12.5. The lowest BCUT2D eigenvalue weighted by Crippen LogP contribution is -1.92. The molecule has 2 aromatic rings. The molecule has 0 aliphatic carbocycles. The van der Waals surface area contributed by atoms with Gasteiger partial charge in [0, 0.05) is 23.1 Å². The number of rotatable bonds is 1. The zero-order valence-corrected chi connectivity index (χ0v) is 8.00. The minimum Gasteiger partial charge on any atom is -0.306 e. The van der Waals surface area contributed by atoms with Gasteiger partial charge in [0.1, 0.15) is 5.65 Å². The molecule has 2 aromatic heterocycles. The summed E-state index contributed by atoms with van der Waals surface area (Å²) in [5.41, 5.74) is 0.248. The third kappa shape index (κ3) is 1.44. The molecule has 0 fully saturated rings. The summed E-state index contributed by atoms with van der Waals surface area (Å²) in [6.07, 6.45) is 2.32. The number of fused-ring (bicyclic) bond motifs is 1. The van der Waals surface area contributed by atoms with E-state index in [2.05, 4.69) is 20.9 Å². The van der Waals surface area contributed by atoms with Crippen molar-refractivity contribution in [2.45, 2.75) is 6.43 Å². The molecular formula is C8H5BrF2N2. The minimum atomic E-state index is -2.50. The summed E-state index contributed by atoms with van der Waals surface area (Å²) < 4.78 is 27.1. The van der Waals surface area contributed by atoms with Crippen LogP contribution in [0.15, 0.2) is 29.1 Å². The number of halogens is 3. The molecule has 0 aromatic carbocycles. The number of alkyl halides is 2. The van der Waals surface area contributed by atoms with Gasteiger partial charge in [-0.15, -0.1) is 0 Å². The Hall–Kier alpha value is -0.970. The van der Waals surface area contributed by atoms with E-state index >= 15 is 0 Å². The van der Waals surface area contributed by atoms with Crippen LogP contribution in [0.2, 0.25) is 0 Å². The van der Waals surface area contributed by atoms with Crippen molar-refractivity contribution in [3.63, 3.8) is 0 Å². The Kier molecular flexibility index (Phi) is 2.03. The van der Waals surface area contributed by atoms with Crippen LogP contribution in [0.3, 0.4) is 0 Å². The van der Waals surface area contributed by atoms with Gasteiger partial charge < -0.3 is 4.40 Å². The van der Waals surface area contributed by atoms with Gasteiger partial charge >= 0.3 is 0 Å². The third-order valence-corrected chi connectivity index (χ3v) is 2.15. The van der Waals surface area contributed by atoms with Crippen LogP contribution in [0.4, 0.5) is 8.78 Å². The lowest BCUT2D eigenvalue weighted by Gasteiger charge is -2.02. The molecule has 0 amide bonds. The van der Waals surface area contributed by atoms with E-state index in [4.69, 9.17) is 0 Å². The maximum Gasteiger partial charge on any atom is 0.267 e. The number of imidazole rings is 1. The van der Waals surface area contributed by atoms with Crippen molar-refractivity contribution in [1.82, 2.24) is 9.38 Å². The zero-order chi connectivity index (χ0) is 9.42. The second-order valence-corrected chi connectivity index (χ2v) is 3.49. The first kappa shape index (κ1) is 8.62. The number of pyridine rings is 1. The molecule has 0 atom stereocenters. The summed E-state index contributed by atoms with van der Waals surface area (Å²) in [5, 5.41) is 0. The van der Waals surface area contributed by atoms with Crippen LogP contribution in [-0.2, 0) is 0 Å². The van der Waals surface area contributed by atoms with Gasteiger partial charge in [0.15, 0.2) is 0 Å². The van der Waals surface area contributed by atoms with Crippen molar-refractivity contribution in [3.05, 3.63) is 34.7 Å². The van der Waals surface area contributed by atoms with Crippen molar-refractivity contribution in [2.24, 2.45) is 0 Å². The summed E-state index contributed by atoms with van der Waals surface area (Å²) in [7, 11) is 0. The topological polar surface area (TPSA) is 17.3 Å². The van der Waals surface area contributed by atoms with Crippen molar-refractivity contribution in [1.29, 1.82) is 0 Å². The Morgan fingerprint density at radius 3 is 2.92 bits per heavy atom. The number of hydrogen-bond acceptors (Lipinski definition) is 1. The molecule has 13 heavy (non-hydrogen) atoms. The molecule has 2 nitrogen and oxygen atoms in total. The Labute approximate surface area is 81.3 Å². The normalized spacial score (nSPS) is 11.4. The van der Waals surface area contributed by atoms with Crippen molar-refractivity contribution >= 4 is 21.6 Å². The first-order valence-corrected chi connectivity index (χ1v) is 4.38. The van der Waals surface area contributed by atoms with Gasteiger partial charge in [-0.2, -0.15) is 0 Å². The number of aromatic nitrogens is 2. The highest BCUT2D eigenvalue weighted by Crippen LogP contribution is 2.25. The second kappa shape index (κ2) is 3.06. The van der Waals surface area contributed by atoms with E-state index in [0.29, 0.717) is 10.1 Å². The van der Waals surface area contributed by atoms with Crippen molar-refractivity contribution < 1.29 is 8.78 Å². The molecule has 0 spiro atoms. The van der Waals surface area contributed by atoms with E-state index < -0.39 is 6.43 Å². The Bertz CT molecular complexity index is 439. The van der Waals surface area contributed by atoms with E-state index in [-0.39, 0.29) is 5.56 Å². The van der Waals surface area contributed by atoms with E-state index in [1.807, 2.05) is 0 Å². The third-order valence-electron chi connectivity index (χ3n) is 1.72. The second-order valence-electron chi connectivity index (χ2n) is 2.57. The summed E-state index contributed by atoms with van der Waals surface area (Å²) in [4.78, 5) is 3.84. The minimum absolute atomic E-state index is 0.0561. The molecule has 2 heterocycles. The summed E-state index contributed by atoms with van der Waals surface area (Å²) in [6, 6.07) is 1.38. The standard InChI is InChI=1S/C8H5BrF2N2/c9-5-3-6(7(10)11)8-12-1-2-13(8)4-5/h1-4,7H. The molecule has 5 heteroatoms. The zero-order valence-electron chi connectivity index (χ0n) is 6.42. The molecule has 0 saturated carbocycles. The Morgan fingerprint density at radius 2 is 2.23 bits per heavy atom. The van der Waals surface area contributed by atoms with Gasteiger partial charge in [-0.1, -0.05) is 0 Å². The van der Waals surface area contributed by atoms with E-state index in [9.17, 15) is 8.78 Å². The SMILES string of the molecule is FC(F)c1cc(Br)cn2ccnc12. The molecule has 0 unspecified atom stereocenters. The van der Waals surface area contributed by atoms with Crippen LogP contribution in [0.5, 0.6) is 0 Å². The largest absolute Gasteiger partial charge is 0.306 e. The molecule has 0 N–H and O–H groups in total. The highest BCUT2D eigenvalue weighted by Gasteiger charge is 2.13. The van der Waals surface area contributed by atoms with Gasteiger partial charge in [-0.05, 0) is 22.0 Å². The van der Waals surface area contributed by atoms with E-state index in [0.717, 1.165) is 0 Å². The van der Waals surface area contributed by atoms with Gasteiger partial charge in [0.05, 0.1) is 5.56 Å². The average Bonchev–Trinajstić information content (AvgIpc) is 2.49. The maximum atomic E-state index is 12.5. The molecule has 0 saturated heterocycles. The highest BCUT2D eigenvalue weighted by atomic mass is 79.9. The fraction of sp³-hybridized carbons (Fsp3) is 0.125. The number of hydrogen-bond donors (Lipinski definition) is 0. The predicted molar refractivity (Wildman–Crippen MR) is 47.8 cm³/mol. The van der Waals surface area contributed by atoms with Crippen LogP contribution in [0.25, 0.3) is 5.65 Å². The van der Waals surface area contributed by atoms with Crippen LogP contribution in [0, 0.1) is 0 Å². The van der Waals surface area contributed by atoms with Crippen LogP contribution in [-0.4, -0.2) is 9.38 Å². The van der Waals surface area contributed by atoms with Crippen molar-refractivity contribution in [2.75, 3.05) is 0 Å². The molecule has 0 aliphatic rings. The molecule has 0 radical (unpaired) electrons. The first-order valence-electron chi connectivity index (χ1n) is 3.59. The quantitative estimate of drug-likeness (QED) is 0.757. The fourth-order valence-corrected chi connectivity index (χ4v) is 1.65. The lowest BCUT2D eigenvalue weighted by molar-refractivity contribution is 0.152. The molecule has 2 rings (SSSR count). The Morgan fingerprint density at radius 1 is 1.46 bits per heavy atom. The van der Waals surface area contributed by atoms with Gasteiger partial charge in [0.2, 0.25) is 0 Å². The lowest BCUT2D eigenvalue weighted by atomic mass is 10.3. The summed E-state index contributed by atoms with van der Waals surface area (Å²) in [6.45, 7) is 0. The van der Waals surface area contributed by atoms with Crippen LogP contribution >= 0.6 is 15.9 Å². The van der Waals surface area contributed by atoms with Gasteiger partial charge in [-0.25, -0.2) is 13.8 Å². The van der Waals surface area contributed by atoms with Crippen LogP contribution in [0.1, 0.15) is 12.0 Å². The van der Waals surface area contributed by atoms with E-state index in [1.54, 1.807) is 16.8 Å². The smallest absolute Gasteiger partial charge is 0.267 e. The first-order chi connectivity index (χ1) is 6.18. The summed E-state index contributed by atoms with van der Waals surface area (Å²) in [5.74, 6) is 0. The van der Waals surface area contributed by atoms with Crippen molar-refractivity contribution in [3.8, 4) is 0 Å². The number of nitrogens with zero attached hydrogens (tertiary/aromatic N) is 2. The average molecular weight is 247 g/mol. The fourth-order valence-electron chi connectivity index (χ4n) is 1.18. The predicted octanol–water partition coefficient (Wildman–Crippen LogP) is 3.03. The summed E-state index contributed by atoms with van der Waals surface area (Å²) >= 11 is 3.15. The Balaban J connectivity index is 2.77. The highest BCUT2D eigenvalue weighted by molar-refractivity contribution is 9.10. The molecule has 0 aliphatic heterocycles.